The van der Waals surface area contributed by atoms with Gasteiger partial charge in [-0.25, -0.2) is 4.89 Å². The molecule has 110 valence electrons. The third kappa shape index (κ3) is 3.65. The molecule has 0 heterocycles. The Morgan fingerprint density at radius 1 is 0.833 bits per heavy atom. The molecular formula is C13H28O5. The molecule has 0 bridgehead atoms. The van der Waals surface area contributed by atoms with Crippen molar-refractivity contribution in [3.05, 3.63) is 0 Å². The Hall–Kier alpha value is -0.200. The van der Waals surface area contributed by atoms with Crippen LogP contribution >= 0.6 is 0 Å². The largest absolute Gasteiger partial charge is 0.395 e. The van der Waals surface area contributed by atoms with Crippen LogP contribution in [0.2, 0.25) is 0 Å². The van der Waals surface area contributed by atoms with E-state index in [2.05, 4.69) is 0 Å². The summed E-state index contributed by atoms with van der Waals surface area (Å²) in [5.74, 6) is 0. The average Bonchev–Trinajstić information content (AvgIpc) is 2.43. The van der Waals surface area contributed by atoms with E-state index in [1.807, 2.05) is 13.8 Å². The molecule has 0 aromatic heterocycles. The van der Waals surface area contributed by atoms with Crippen molar-refractivity contribution >= 4 is 0 Å². The first-order valence-electron chi connectivity index (χ1n) is 6.77. The monoisotopic (exact) mass is 264 g/mol. The highest BCUT2D eigenvalue weighted by molar-refractivity contribution is 4.99. The zero-order valence-electron chi connectivity index (χ0n) is 11.6. The molecule has 5 heteroatoms. The molecule has 0 aliphatic carbocycles. The van der Waals surface area contributed by atoms with E-state index in [0.29, 0.717) is 12.8 Å². The van der Waals surface area contributed by atoms with Crippen LogP contribution in [0.1, 0.15) is 52.4 Å². The standard InChI is InChI=1S/C13H28O5/c1-3-5-7-13(18-17,8-6-4-2)12(9-14,10-15)11-16/h14-17H,3-11H2,1-2H3. The molecule has 0 radical (unpaired) electrons. The van der Waals surface area contributed by atoms with Crippen LogP contribution in [0.3, 0.4) is 0 Å². The molecule has 0 spiro atoms. The number of hydrogen-bond donors (Lipinski definition) is 4. The highest BCUT2D eigenvalue weighted by Crippen LogP contribution is 2.41. The summed E-state index contributed by atoms with van der Waals surface area (Å²) in [6.45, 7) is 2.76. The topological polar surface area (TPSA) is 90.2 Å². The fourth-order valence-corrected chi connectivity index (χ4v) is 2.35. The predicted molar refractivity (Wildman–Crippen MR) is 69.2 cm³/mol. The average molecular weight is 264 g/mol. The number of unbranched alkanes of at least 4 members (excludes halogenated alkanes) is 2. The van der Waals surface area contributed by atoms with Crippen LogP contribution in [0.5, 0.6) is 0 Å². The van der Waals surface area contributed by atoms with Gasteiger partial charge >= 0.3 is 0 Å². The van der Waals surface area contributed by atoms with Crippen LogP contribution < -0.4 is 0 Å². The van der Waals surface area contributed by atoms with Crippen molar-refractivity contribution in [1.82, 2.24) is 0 Å². The second-order valence-electron chi connectivity index (χ2n) is 5.05. The Labute approximate surface area is 109 Å². The maximum atomic E-state index is 9.53. The Morgan fingerprint density at radius 3 is 1.44 bits per heavy atom. The normalized spacial score (nSPS) is 13.0. The Kier molecular flexibility index (Phi) is 8.73. The van der Waals surface area contributed by atoms with Gasteiger partial charge in [0.25, 0.3) is 0 Å². The third-order valence-electron chi connectivity index (χ3n) is 3.92. The minimum absolute atomic E-state index is 0.423. The van der Waals surface area contributed by atoms with Gasteiger partial charge in [-0.3, -0.25) is 5.26 Å². The van der Waals surface area contributed by atoms with Gasteiger partial charge in [0, 0.05) is 0 Å². The van der Waals surface area contributed by atoms with Crippen LogP contribution in [0.25, 0.3) is 0 Å². The van der Waals surface area contributed by atoms with E-state index >= 15 is 0 Å². The second-order valence-corrected chi connectivity index (χ2v) is 5.05. The summed E-state index contributed by atoms with van der Waals surface area (Å²) < 4.78 is 0. The van der Waals surface area contributed by atoms with Crippen molar-refractivity contribution in [1.29, 1.82) is 0 Å². The summed E-state index contributed by atoms with van der Waals surface area (Å²) in [5.41, 5.74) is -2.30. The van der Waals surface area contributed by atoms with Gasteiger partial charge in [0.2, 0.25) is 0 Å². The minimum Gasteiger partial charge on any atom is -0.395 e. The van der Waals surface area contributed by atoms with E-state index in [9.17, 15) is 20.6 Å². The predicted octanol–water partition coefficient (Wildman–Crippen LogP) is 1.56. The summed E-state index contributed by atoms with van der Waals surface area (Å²) in [4.78, 5) is 4.70. The van der Waals surface area contributed by atoms with Crippen molar-refractivity contribution in [3.63, 3.8) is 0 Å². The van der Waals surface area contributed by atoms with Gasteiger partial charge in [0.15, 0.2) is 0 Å². The molecule has 5 nitrogen and oxygen atoms in total. The molecule has 4 N–H and O–H groups in total. The second kappa shape index (κ2) is 8.82. The smallest absolute Gasteiger partial charge is 0.115 e. The number of aliphatic hydroxyl groups excluding tert-OH is 3. The van der Waals surface area contributed by atoms with Gasteiger partial charge in [0.05, 0.1) is 25.2 Å². The Morgan fingerprint density at radius 2 is 1.22 bits per heavy atom. The lowest BCUT2D eigenvalue weighted by atomic mass is 9.68. The number of aliphatic hydroxyl groups is 3. The van der Waals surface area contributed by atoms with Crippen molar-refractivity contribution in [2.45, 2.75) is 58.0 Å². The first-order valence-corrected chi connectivity index (χ1v) is 6.77. The van der Waals surface area contributed by atoms with Crippen molar-refractivity contribution in [2.24, 2.45) is 5.41 Å². The van der Waals surface area contributed by atoms with Gasteiger partial charge in [0.1, 0.15) is 5.60 Å². The zero-order chi connectivity index (χ0) is 14.1. The van der Waals surface area contributed by atoms with Crippen molar-refractivity contribution in [2.75, 3.05) is 19.8 Å². The maximum Gasteiger partial charge on any atom is 0.115 e. The summed E-state index contributed by atoms with van der Waals surface area (Å²) >= 11 is 0. The van der Waals surface area contributed by atoms with Crippen LogP contribution in [0, 0.1) is 5.41 Å². The van der Waals surface area contributed by atoms with Crippen LogP contribution in [0.4, 0.5) is 0 Å². The van der Waals surface area contributed by atoms with Gasteiger partial charge in [-0.1, -0.05) is 39.5 Å². The van der Waals surface area contributed by atoms with Crippen LogP contribution in [0.15, 0.2) is 0 Å². The molecule has 0 atom stereocenters. The van der Waals surface area contributed by atoms with Gasteiger partial charge in [-0.2, -0.15) is 0 Å². The van der Waals surface area contributed by atoms with E-state index in [4.69, 9.17) is 4.89 Å². The SMILES string of the molecule is CCCCC(CCCC)(OO)C(CO)(CO)CO. The molecule has 0 unspecified atom stereocenters. The number of hydrogen-bond acceptors (Lipinski definition) is 5. The maximum absolute atomic E-state index is 9.53. The molecule has 0 amide bonds. The highest BCUT2D eigenvalue weighted by Gasteiger charge is 2.51. The fourth-order valence-electron chi connectivity index (χ4n) is 2.35. The summed E-state index contributed by atoms with van der Waals surface area (Å²) in [6.07, 6.45) is 4.42. The van der Waals surface area contributed by atoms with E-state index in [1.54, 1.807) is 0 Å². The van der Waals surface area contributed by atoms with Crippen LogP contribution in [-0.4, -0.2) is 46.0 Å². The number of rotatable bonds is 11. The molecule has 0 rings (SSSR count). The molecular weight excluding hydrogens is 236 g/mol. The summed E-state index contributed by atoms with van der Waals surface area (Å²) in [5, 5.41) is 37.9. The van der Waals surface area contributed by atoms with E-state index in [1.165, 1.54) is 0 Å². The lowest BCUT2D eigenvalue weighted by Gasteiger charge is -2.45. The molecule has 0 aromatic rings. The first-order chi connectivity index (χ1) is 8.61. The lowest BCUT2D eigenvalue weighted by molar-refractivity contribution is -0.369. The quantitative estimate of drug-likeness (QED) is 0.336. The molecule has 0 saturated carbocycles. The molecule has 0 aromatic carbocycles. The van der Waals surface area contributed by atoms with Gasteiger partial charge < -0.3 is 15.3 Å². The molecule has 0 aliphatic heterocycles. The molecule has 0 aliphatic rings. The van der Waals surface area contributed by atoms with Crippen molar-refractivity contribution in [3.8, 4) is 0 Å². The van der Waals surface area contributed by atoms with Gasteiger partial charge in [-0.05, 0) is 12.8 Å². The Bertz CT molecular complexity index is 187. The van der Waals surface area contributed by atoms with E-state index in [0.717, 1.165) is 25.7 Å². The summed E-state index contributed by atoms with van der Waals surface area (Å²) in [7, 11) is 0. The zero-order valence-corrected chi connectivity index (χ0v) is 11.6. The summed E-state index contributed by atoms with van der Waals surface area (Å²) in [6, 6.07) is 0. The van der Waals surface area contributed by atoms with E-state index < -0.39 is 30.8 Å². The highest BCUT2D eigenvalue weighted by atomic mass is 17.1. The van der Waals surface area contributed by atoms with Gasteiger partial charge in [-0.15, -0.1) is 0 Å². The third-order valence-corrected chi connectivity index (χ3v) is 3.92. The molecule has 0 saturated heterocycles. The molecule has 0 fully saturated rings. The molecule has 18 heavy (non-hydrogen) atoms. The van der Waals surface area contributed by atoms with E-state index in [-0.39, 0.29) is 0 Å². The minimum atomic E-state index is -1.22. The van der Waals surface area contributed by atoms with Crippen molar-refractivity contribution < 1.29 is 25.5 Å². The van der Waals surface area contributed by atoms with Crippen LogP contribution in [-0.2, 0) is 4.89 Å². The lowest BCUT2D eigenvalue weighted by Crippen LogP contribution is -2.56. The fraction of sp³-hybridized carbons (Fsp3) is 1.00. The first kappa shape index (κ1) is 17.8. The Balaban J connectivity index is 5.20.